The lowest BCUT2D eigenvalue weighted by Crippen LogP contribution is -2.38. The maximum absolute atomic E-state index is 12.3. The predicted molar refractivity (Wildman–Crippen MR) is 81.1 cm³/mol. The molecule has 20 heavy (non-hydrogen) atoms. The maximum atomic E-state index is 12.3. The second-order valence-electron chi connectivity index (χ2n) is 5.40. The van der Waals surface area contributed by atoms with Crippen molar-refractivity contribution in [1.29, 1.82) is 0 Å². The summed E-state index contributed by atoms with van der Waals surface area (Å²) < 4.78 is 2.93. The van der Waals surface area contributed by atoms with Gasteiger partial charge >= 0.3 is 0 Å². The van der Waals surface area contributed by atoms with Gasteiger partial charge in [0.25, 0.3) is 5.56 Å². The molecule has 1 amide bonds. The predicted octanol–water partition coefficient (Wildman–Crippen LogP) is 2.32. The summed E-state index contributed by atoms with van der Waals surface area (Å²) in [6.07, 6.45) is 1.97. The fourth-order valence-corrected chi connectivity index (χ4v) is 3.90. The Balaban J connectivity index is 1.73. The molecule has 1 fully saturated rings. The molecule has 0 saturated carbocycles. The van der Waals surface area contributed by atoms with Crippen LogP contribution < -0.4 is 5.56 Å². The quantitative estimate of drug-likeness (QED) is 0.852. The minimum absolute atomic E-state index is 0.125. The molecule has 5 heteroatoms. The summed E-state index contributed by atoms with van der Waals surface area (Å²) in [7, 11) is 0. The first-order chi connectivity index (χ1) is 9.65. The number of carbonyl (C=O) groups is 1. The fourth-order valence-electron chi connectivity index (χ4n) is 2.80. The van der Waals surface area contributed by atoms with Crippen molar-refractivity contribution in [1.82, 2.24) is 8.86 Å². The molecule has 0 atom stereocenters. The second kappa shape index (κ2) is 5.40. The van der Waals surface area contributed by atoms with E-state index in [4.69, 9.17) is 0 Å². The van der Waals surface area contributed by atoms with Crippen LogP contribution in [0.15, 0.2) is 29.1 Å². The standard InChI is InChI=1S/C15H18N2O2S/c1-11(18)16-8-6-12(7-9-16)10-17-15(19)13-4-2-3-5-14(13)20-17/h2-5,12H,6-10H2,1H3. The molecule has 0 aliphatic carbocycles. The van der Waals surface area contributed by atoms with Gasteiger partial charge in [-0.05, 0) is 30.9 Å². The van der Waals surface area contributed by atoms with E-state index in [9.17, 15) is 9.59 Å². The number of amides is 1. The monoisotopic (exact) mass is 290 g/mol. The van der Waals surface area contributed by atoms with Crippen LogP contribution >= 0.6 is 11.5 Å². The molecule has 1 aromatic heterocycles. The topological polar surface area (TPSA) is 42.3 Å². The van der Waals surface area contributed by atoms with Gasteiger partial charge in [0.1, 0.15) is 0 Å². The summed E-state index contributed by atoms with van der Waals surface area (Å²) in [4.78, 5) is 25.5. The molecule has 0 spiro atoms. The van der Waals surface area contributed by atoms with Crippen molar-refractivity contribution in [3.05, 3.63) is 34.6 Å². The lowest BCUT2D eigenvalue weighted by molar-refractivity contribution is -0.130. The number of benzene rings is 1. The molecular weight excluding hydrogens is 272 g/mol. The first-order valence-corrected chi connectivity index (χ1v) is 7.77. The third-order valence-electron chi connectivity index (χ3n) is 4.04. The molecule has 2 heterocycles. The molecule has 1 aliphatic rings. The highest BCUT2D eigenvalue weighted by Crippen LogP contribution is 2.22. The van der Waals surface area contributed by atoms with Crippen LogP contribution in [0.3, 0.4) is 0 Å². The van der Waals surface area contributed by atoms with Crippen LogP contribution in [0.1, 0.15) is 19.8 Å². The number of aromatic nitrogens is 1. The summed E-state index contributed by atoms with van der Waals surface area (Å²) in [5.74, 6) is 0.652. The molecule has 4 nitrogen and oxygen atoms in total. The minimum atomic E-state index is 0.125. The Bertz CT molecular complexity index is 680. The number of hydrogen-bond donors (Lipinski definition) is 0. The van der Waals surface area contributed by atoms with E-state index in [2.05, 4.69) is 0 Å². The van der Waals surface area contributed by atoms with Crippen molar-refractivity contribution in [3.8, 4) is 0 Å². The van der Waals surface area contributed by atoms with E-state index in [1.165, 1.54) is 0 Å². The zero-order valence-electron chi connectivity index (χ0n) is 11.5. The van der Waals surface area contributed by atoms with Crippen LogP contribution in [-0.4, -0.2) is 27.9 Å². The molecule has 0 N–H and O–H groups in total. The van der Waals surface area contributed by atoms with E-state index < -0.39 is 0 Å². The first kappa shape index (κ1) is 13.4. The summed E-state index contributed by atoms with van der Waals surface area (Å²) in [6.45, 7) is 4.04. The molecule has 0 radical (unpaired) electrons. The molecule has 1 aromatic carbocycles. The van der Waals surface area contributed by atoms with Crippen LogP contribution in [0.25, 0.3) is 10.1 Å². The largest absolute Gasteiger partial charge is 0.343 e. The van der Waals surface area contributed by atoms with Crippen molar-refractivity contribution in [2.24, 2.45) is 5.92 Å². The smallest absolute Gasteiger partial charge is 0.268 e. The van der Waals surface area contributed by atoms with E-state index in [0.29, 0.717) is 5.92 Å². The van der Waals surface area contributed by atoms with Gasteiger partial charge in [0, 0.05) is 26.6 Å². The van der Waals surface area contributed by atoms with Crippen LogP contribution in [-0.2, 0) is 11.3 Å². The van der Waals surface area contributed by atoms with Crippen LogP contribution in [0.2, 0.25) is 0 Å². The summed E-state index contributed by atoms with van der Waals surface area (Å²) >= 11 is 1.55. The molecule has 3 rings (SSSR count). The van der Waals surface area contributed by atoms with E-state index in [0.717, 1.165) is 42.6 Å². The lowest BCUT2D eigenvalue weighted by Gasteiger charge is -2.31. The number of fused-ring (bicyclic) bond motifs is 1. The van der Waals surface area contributed by atoms with Crippen LogP contribution in [0.5, 0.6) is 0 Å². The normalized spacial score (nSPS) is 16.8. The van der Waals surface area contributed by atoms with Gasteiger partial charge in [-0.2, -0.15) is 0 Å². The molecule has 1 saturated heterocycles. The van der Waals surface area contributed by atoms with E-state index in [-0.39, 0.29) is 11.5 Å². The Morgan fingerprint density at radius 3 is 2.65 bits per heavy atom. The molecule has 0 bridgehead atoms. The Morgan fingerprint density at radius 1 is 1.30 bits per heavy atom. The molecule has 106 valence electrons. The number of nitrogens with zero attached hydrogens (tertiary/aromatic N) is 2. The van der Waals surface area contributed by atoms with Gasteiger partial charge in [-0.3, -0.25) is 13.5 Å². The van der Waals surface area contributed by atoms with Crippen molar-refractivity contribution < 1.29 is 4.79 Å². The van der Waals surface area contributed by atoms with E-state index in [1.807, 2.05) is 33.1 Å². The van der Waals surface area contributed by atoms with Gasteiger partial charge in [-0.15, -0.1) is 0 Å². The average molecular weight is 290 g/mol. The Hall–Kier alpha value is -1.62. The number of piperidine rings is 1. The first-order valence-electron chi connectivity index (χ1n) is 6.99. The summed E-state index contributed by atoms with van der Waals surface area (Å²) in [6, 6.07) is 7.76. The Labute approximate surface area is 121 Å². The van der Waals surface area contributed by atoms with Gasteiger partial charge < -0.3 is 4.90 Å². The van der Waals surface area contributed by atoms with Gasteiger partial charge in [-0.1, -0.05) is 23.7 Å². The zero-order chi connectivity index (χ0) is 14.1. The highest BCUT2D eigenvalue weighted by atomic mass is 32.1. The number of rotatable bonds is 2. The Morgan fingerprint density at radius 2 is 2.00 bits per heavy atom. The highest BCUT2D eigenvalue weighted by molar-refractivity contribution is 7.13. The van der Waals surface area contributed by atoms with Crippen molar-refractivity contribution >= 4 is 27.5 Å². The molecule has 0 unspecified atom stereocenters. The van der Waals surface area contributed by atoms with Crippen molar-refractivity contribution in [3.63, 3.8) is 0 Å². The SMILES string of the molecule is CC(=O)N1CCC(Cn2sc3ccccc3c2=O)CC1. The zero-order valence-corrected chi connectivity index (χ0v) is 12.4. The van der Waals surface area contributed by atoms with Gasteiger partial charge in [0.05, 0.1) is 10.1 Å². The number of likely N-dealkylation sites (tertiary alicyclic amines) is 1. The van der Waals surface area contributed by atoms with Gasteiger partial charge in [0.15, 0.2) is 0 Å². The van der Waals surface area contributed by atoms with Crippen molar-refractivity contribution in [2.45, 2.75) is 26.3 Å². The molecular formula is C15H18N2O2S. The minimum Gasteiger partial charge on any atom is -0.343 e. The average Bonchev–Trinajstić information content (AvgIpc) is 2.77. The van der Waals surface area contributed by atoms with Gasteiger partial charge in [0.2, 0.25) is 5.91 Å². The van der Waals surface area contributed by atoms with E-state index >= 15 is 0 Å². The van der Waals surface area contributed by atoms with Gasteiger partial charge in [-0.25, -0.2) is 0 Å². The van der Waals surface area contributed by atoms with E-state index in [1.54, 1.807) is 18.5 Å². The highest BCUT2D eigenvalue weighted by Gasteiger charge is 2.22. The molecule has 1 aliphatic heterocycles. The second-order valence-corrected chi connectivity index (χ2v) is 6.47. The summed E-state index contributed by atoms with van der Waals surface area (Å²) in [5, 5.41) is 0.818. The summed E-state index contributed by atoms with van der Waals surface area (Å²) in [5.41, 5.74) is 0.125. The third kappa shape index (κ3) is 2.50. The third-order valence-corrected chi connectivity index (χ3v) is 5.12. The fraction of sp³-hybridized carbons (Fsp3) is 0.467. The van der Waals surface area contributed by atoms with Crippen molar-refractivity contribution in [2.75, 3.05) is 13.1 Å². The molecule has 2 aromatic rings. The maximum Gasteiger partial charge on any atom is 0.268 e. The number of carbonyl (C=O) groups excluding carboxylic acids is 1. The van der Waals surface area contributed by atoms with Crippen LogP contribution in [0.4, 0.5) is 0 Å². The number of hydrogen-bond acceptors (Lipinski definition) is 3. The lowest BCUT2D eigenvalue weighted by atomic mass is 9.97. The Kier molecular flexibility index (Phi) is 3.61. The van der Waals surface area contributed by atoms with Crippen LogP contribution in [0, 0.1) is 5.92 Å².